The van der Waals surface area contributed by atoms with E-state index in [4.69, 9.17) is 10.5 Å². The zero-order valence-electron chi connectivity index (χ0n) is 17.7. The quantitative estimate of drug-likeness (QED) is 0.343. The first-order valence-corrected chi connectivity index (χ1v) is 10.7. The number of anilines is 1. The highest BCUT2D eigenvalue weighted by Gasteiger charge is 2.16. The average Bonchev–Trinajstić information content (AvgIpc) is 3.21. The topological polar surface area (TPSA) is 66.0 Å². The molecule has 2 N–H and O–H groups in total. The van der Waals surface area contributed by atoms with Crippen molar-refractivity contribution in [3.05, 3.63) is 109 Å². The van der Waals surface area contributed by atoms with Crippen LogP contribution in [0.2, 0.25) is 0 Å². The van der Waals surface area contributed by atoms with Gasteiger partial charge >= 0.3 is 0 Å². The number of pyridine rings is 1. The summed E-state index contributed by atoms with van der Waals surface area (Å²) >= 11 is 0. The molecule has 0 spiro atoms. The lowest BCUT2D eigenvalue weighted by Gasteiger charge is -2.08. The summed E-state index contributed by atoms with van der Waals surface area (Å²) in [4.78, 5) is 4.63. The highest BCUT2D eigenvalue weighted by Crippen LogP contribution is 2.34. The predicted molar refractivity (Wildman–Crippen MR) is 133 cm³/mol. The van der Waals surface area contributed by atoms with Crippen LogP contribution >= 0.6 is 0 Å². The molecule has 6 rings (SSSR count). The fraction of sp³-hybridized carbons (Fsp3) is 0. The number of benzene rings is 4. The lowest BCUT2D eigenvalue weighted by molar-refractivity contribution is 0.483. The van der Waals surface area contributed by atoms with E-state index in [-0.39, 0.29) is 0 Å². The monoisotopic (exact) mass is 428 g/mol. The SMILES string of the molecule is Nc1nn(-c2ccc3ccccc3c2)c2ccnc(-c3ccc(Oc4ccccc4)cc3)c12. The van der Waals surface area contributed by atoms with Crippen molar-refractivity contribution in [2.24, 2.45) is 0 Å². The smallest absolute Gasteiger partial charge is 0.156 e. The van der Waals surface area contributed by atoms with Crippen LogP contribution in [0.4, 0.5) is 5.82 Å². The Morgan fingerprint density at radius 2 is 1.42 bits per heavy atom. The van der Waals surface area contributed by atoms with Crippen LogP contribution in [0, 0.1) is 0 Å². The molecular formula is C28H20N4O. The molecule has 2 aromatic heterocycles. The van der Waals surface area contributed by atoms with Gasteiger partial charge in [0.1, 0.15) is 11.5 Å². The summed E-state index contributed by atoms with van der Waals surface area (Å²) in [6.07, 6.45) is 1.80. The van der Waals surface area contributed by atoms with Crippen molar-refractivity contribution in [3.8, 4) is 28.4 Å². The van der Waals surface area contributed by atoms with Gasteiger partial charge in [0.2, 0.25) is 0 Å². The lowest BCUT2D eigenvalue weighted by Crippen LogP contribution is -1.97. The second-order valence-electron chi connectivity index (χ2n) is 7.82. The number of para-hydroxylation sites is 1. The molecule has 0 unspecified atom stereocenters. The summed E-state index contributed by atoms with van der Waals surface area (Å²) < 4.78 is 7.80. The number of hydrogen-bond donors (Lipinski definition) is 1. The molecule has 0 amide bonds. The summed E-state index contributed by atoms with van der Waals surface area (Å²) in [5, 5.41) is 7.83. The third-order valence-electron chi connectivity index (χ3n) is 5.71. The van der Waals surface area contributed by atoms with Gasteiger partial charge < -0.3 is 10.5 Å². The van der Waals surface area contributed by atoms with Gasteiger partial charge in [0.15, 0.2) is 5.82 Å². The summed E-state index contributed by atoms with van der Waals surface area (Å²) in [5.41, 5.74) is 10.0. The molecule has 5 heteroatoms. The van der Waals surface area contributed by atoms with Gasteiger partial charge in [-0.1, -0.05) is 48.5 Å². The van der Waals surface area contributed by atoms with Gasteiger partial charge in [0, 0.05) is 11.8 Å². The number of rotatable bonds is 4. The van der Waals surface area contributed by atoms with Gasteiger partial charge in [0.25, 0.3) is 0 Å². The van der Waals surface area contributed by atoms with Crippen LogP contribution in [0.15, 0.2) is 109 Å². The molecule has 0 bridgehead atoms. The van der Waals surface area contributed by atoms with Crippen molar-refractivity contribution in [2.75, 3.05) is 5.73 Å². The standard InChI is InChI=1S/C28H20N4O/c29-28-26-25(32(31-28)22-13-10-19-6-4-5-7-21(19)18-22)16-17-30-27(26)20-11-14-24(15-12-20)33-23-8-2-1-3-9-23/h1-18H,(H2,29,31). The zero-order chi connectivity index (χ0) is 22.2. The van der Waals surface area contributed by atoms with Crippen molar-refractivity contribution in [3.63, 3.8) is 0 Å². The molecule has 158 valence electrons. The molecule has 0 radical (unpaired) electrons. The van der Waals surface area contributed by atoms with E-state index in [9.17, 15) is 0 Å². The summed E-state index contributed by atoms with van der Waals surface area (Å²) in [6, 6.07) is 34.1. The first-order chi connectivity index (χ1) is 16.3. The van der Waals surface area contributed by atoms with E-state index in [0.29, 0.717) is 5.82 Å². The Hall–Kier alpha value is -4.64. The van der Waals surface area contributed by atoms with Crippen LogP contribution in [-0.4, -0.2) is 14.8 Å². The maximum Gasteiger partial charge on any atom is 0.156 e. The Labute approximate surface area is 190 Å². The van der Waals surface area contributed by atoms with Crippen LogP contribution in [0.5, 0.6) is 11.5 Å². The van der Waals surface area contributed by atoms with Crippen LogP contribution in [0.25, 0.3) is 38.6 Å². The van der Waals surface area contributed by atoms with Crippen molar-refractivity contribution >= 4 is 27.5 Å². The van der Waals surface area contributed by atoms with Crippen LogP contribution in [0.1, 0.15) is 0 Å². The van der Waals surface area contributed by atoms with Crippen molar-refractivity contribution in [2.45, 2.75) is 0 Å². The fourth-order valence-electron chi connectivity index (χ4n) is 4.12. The van der Waals surface area contributed by atoms with Gasteiger partial charge in [0.05, 0.1) is 22.3 Å². The van der Waals surface area contributed by atoms with Gasteiger partial charge in [-0.2, -0.15) is 0 Å². The molecule has 0 aliphatic heterocycles. The van der Waals surface area contributed by atoms with E-state index >= 15 is 0 Å². The van der Waals surface area contributed by atoms with Crippen molar-refractivity contribution in [1.29, 1.82) is 0 Å². The molecule has 0 saturated heterocycles. The Morgan fingerprint density at radius 3 is 2.24 bits per heavy atom. The Kier molecular flexibility index (Phi) is 4.51. The molecule has 5 nitrogen and oxygen atoms in total. The van der Waals surface area contributed by atoms with E-state index in [2.05, 4.69) is 40.4 Å². The molecule has 0 aliphatic rings. The molecule has 4 aromatic carbocycles. The Balaban J connectivity index is 1.41. The molecule has 2 heterocycles. The maximum atomic E-state index is 6.40. The first kappa shape index (κ1) is 19.1. The third kappa shape index (κ3) is 3.46. The number of nitrogens with two attached hydrogens (primary N) is 1. The molecule has 0 aliphatic carbocycles. The summed E-state index contributed by atoms with van der Waals surface area (Å²) in [5.74, 6) is 2.01. The van der Waals surface area contributed by atoms with Crippen LogP contribution < -0.4 is 10.5 Å². The summed E-state index contributed by atoms with van der Waals surface area (Å²) in [7, 11) is 0. The maximum absolute atomic E-state index is 6.40. The average molecular weight is 428 g/mol. The molecule has 0 fully saturated rings. The van der Waals surface area contributed by atoms with Gasteiger partial charge in [-0.05, 0) is 65.4 Å². The number of fused-ring (bicyclic) bond motifs is 2. The summed E-state index contributed by atoms with van der Waals surface area (Å²) in [6.45, 7) is 0. The van der Waals surface area contributed by atoms with Crippen LogP contribution in [-0.2, 0) is 0 Å². The molecular weight excluding hydrogens is 408 g/mol. The number of nitrogen functional groups attached to an aromatic ring is 1. The second-order valence-corrected chi connectivity index (χ2v) is 7.82. The number of nitrogens with zero attached hydrogens (tertiary/aromatic N) is 3. The van der Waals surface area contributed by atoms with E-state index in [1.54, 1.807) is 6.20 Å². The third-order valence-corrected chi connectivity index (χ3v) is 5.71. The van der Waals surface area contributed by atoms with Crippen molar-refractivity contribution in [1.82, 2.24) is 14.8 Å². The van der Waals surface area contributed by atoms with E-state index in [1.807, 2.05) is 77.5 Å². The van der Waals surface area contributed by atoms with Gasteiger partial charge in [-0.15, -0.1) is 5.10 Å². The van der Waals surface area contributed by atoms with Gasteiger partial charge in [-0.25, -0.2) is 4.68 Å². The molecule has 0 atom stereocenters. The normalized spacial score (nSPS) is 11.2. The number of aromatic nitrogens is 3. The lowest BCUT2D eigenvalue weighted by atomic mass is 10.1. The van der Waals surface area contributed by atoms with Gasteiger partial charge in [-0.3, -0.25) is 4.98 Å². The minimum absolute atomic E-state index is 0.450. The fourth-order valence-corrected chi connectivity index (χ4v) is 4.12. The first-order valence-electron chi connectivity index (χ1n) is 10.7. The second kappa shape index (κ2) is 7.80. The highest BCUT2D eigenvalue weighted by atomic mass is 16.5. The van der Waals surface area contributed by atoms with Crippen molar-refractivity contribution < 1.29 is 4.74 Å². The zero-order valence-corrected chi connectivity index (χ0v) is 17.7. The van der Waals surface area contributed by atoms with E-state index in [1.165, 1.54) is 5.39 Å². The van der Waals surface area contributed by atoms with E-state index in [0.717, 1.165) is 44.7 Å². The van der Waals surface area contributed by atoms with Crippen LogP contribution in [0.3, 0.4) is 0 Å². The molecule has 0 saturated carbocycles. The van der Waals surface area contributed by atoms with E-state index < -0.39 is 0 Å². The molecule has 33 heavy (non-hydrogen) atoms. The minimum Gasteiger partial charge on any atom is -0.457 e. The highest BCUT2D eigenvalue weighted by molar-refractivity contribution is 6.01. The minimum atomic E-state index is 0.450. The number of ether oxygens (including phenoxy) is 1. The Bertz CT molecular complexity index is 1590. The Morgan fingerprint density at radius 1 is 0.697 bits per heavy atom. The number of hydrogen-bond acceptors (Lipinski definition) is 4. The predicted octanol–water partition coefficient (Wildman–Crippen LogP) is 6.62. The molecule has 6 aromatic rings. The largest absolute Gasteiger partial charge is 0.457 e.